The van der Waals surface area contributed by atoms with Crippen molar-refractivity contribution in [2.45, 2.75) is 6.18 Å². The zero-order valence-corrected chi connectivity index (χ0v) is 14.3. The van der Waals surface area contributed by atoms with Gasteiger partial charge in [0.25, 0.3) is 11.6 Å². The van der Waals surface area contributed by atoms with E-state index in [1.54, 1.807) is 0 Å². The van der Waals surface area contributed by atoms with Crippen LogP contribution in [-0.2, 0) is 11.0 Å². The maximum atomic E-state index is 13.3. The van der Waals surface area contributed by atoms with Crippen LogP contribution in [0.25, 0.3) is 0 Å². The largest absolute Gasteiger partial charge is 0.481 e. The van der Waals surface area contributed by atoms with E-state index in [0.717, 1.165) is 12.1 Å². The molecule has 28 heavy (non-hydrogen) atoms. The minimum Gasteiger partial charge on any atom is -0.481 e. The first-order chi connectivity index (χ1) is 13.2. The molecule has 0 spiro atoms. The highest BCUT2D eigenvalue weighted by atomic mass is 19.4. The molecule has 2 aromatic rings. The van der Waals surface area contributed by atoms with Crippen LogP contribution in [0.4, 0.5) is 28.9 Å². The molecule has 11 heteroatoms. The fourth-order valence-electron chi connectivity index (χ4n) is 2.16. The molecule has 0 heterocycles. The summed E-state index contributed by atoms with van der Waals surface area (Å²) in [5.74, 6) is -1.27. The Kier molecular flexibility index (Phi) is 6.74. The van der Waals surface area contributed by atoms with Crippen LogP contribution in [0.15, 0.2) is 42.5 Å². The predicted octanol–water partition coefficient (Wildman–Crippen LogP) is 3.36. The van der Waals surface area contributed by atoms with Gasteiger partial charge in [-0.05, 0) is 24.3 Å². The van der Waals surface area contributed by atoms with Crippen LogP contribution in [0.1, 0.15) is 5.56 Å². The molecule has 2 N–H and O–H groups in total. The van der Waals surface area contributed by atoms with Crippen LogP contribution in [0.5, 0.6) is 5.75 Å². The first-order valence-electron chi connectivity index (χ1n) is 7.92. The lowest BCUT2D eigenvalue weighted by atomic mass is 10.1. The second-order valence-corrected chi connectivity index (χ2v) is 5.48. The highest BCUT2D eigenvalue weighted by molar-refractivity contribution is 5.77. The van der Waals surface area contributed by atoms with Crippen LogP contribution in [-0.4, -0.2) is 30.5 Å². The summed E-state index contributed by atoms with van der Waals surface area (Å²) in [4.78, 5) is 21.7. The molecule has 0 atom stereocenters. The third kappa shape index (κ3) is 5.83. The molecule has 0 radical (unpaired) electrons. The average Bonchev–Trinajstić information content (AvgIpc) is 2.63. The molecule has 0 bridgehead atoms. The number of hydrogen-bond acceptors (Lipinski definition) is 5. The number of amides is 1. The van der Waals surface area contributed by atoms with Gasteiger partial charge >= 0.3 is 6.18 Å². The molecular formula is C17H15F4N3O4. The van der Waals surface area contributed by atoms with Gasteiger partial charge in [0.15, 0.2) is 18.2 Å². The van der Waals surface area contributed by atoms with E-state index in [0.29, 0.717) is 6.07 Å². The van der Waals surface area contributed by atoms with Crippen molar-refractivity contribution in [3.05, 3.63) is 64.0 Å². The maximum Gasteiger partial charge on any atom is 0.416 e. The summed E-state index contributed by atoms with van der Waals surface area (Å²) in [5, 5.41) is 16.0. The van der Waals surface area contributed by atoms with E-state index < -0.39 is 40.7 Å². The summed E-state index contributed by atoms with van der Waals surface area (Å²) in [6, 6.07) is 7.64. The van der Waals surface area contributed by atoms with Gasteiger partial charge in [0, 0.05) is 19.2 Å². The molecule has 0 unspecified atom stereocenters. The fourth-order valence-corrected chi connectivity index (χ4v) is 2.16. The Bertz CT molecular complexity index is 859. The molecule has 0 aliphatic rings. The molecule has 1 amide bonds. The van der Waals surface area contributed by atoms with Gasteiger partial charge in [-0.1, -0.05) is 12.1 Å². The van der Waals surface area contributed by atoms with E-state index in [9.17, 15) is 32.5 Å². The van der Waals surface area contributed by atoms with E-state index in [-0.39, 0.29) is 24.5 Å². The lowest BCUT2D eigenvalue weighted by Gasteiger charge is -2.11. The highest BCUT2D eigenvalue weighted by Gasteiger charge is 2.32. The molecule has 0 fully saturated rings. The van der Waals surface area contributed by atoms with Gasteiger partial charge in [0.1, 0.15) is 5.69 Å². The summed E-state index contributed by atoms with van der Waals surface area (Å²) >= 11 is 0. The highest BCUT2D eigenvalue weighted by Crippen LogP contribution is 2.34. The van der Waals surface area contributed by atoms with E-state index >= 15 is 0 Å². The van der Waals surface area contributed by atoms with Gasteiger partial charge in [0.05, 0.1) is 10.5 Å². The topological polar surface area (TPSA) is 93.5 Å². The van der Waals surface area contributed by atoms with E-state index in [1.165, 1.54) is 24.3 Å². The van der Waals surface area contributed by atoms with Crippen molar-refractivity contribution in [1.29, 1.82) is 0 Å². The number of halogens is 4. The monoisotopic (exact) mass is 401 g/mol. The number of benzene rings is 2. The Morgan fingerprint density at radius 3 is 2.50 bits per heavy atom. The smallest absolute Gasteiger partial charge is 0.416 e. The number of para-hydroxylation sites is 1. The van der Waals surface area contributed by atoms with Gasteiger partial charge in [0.2, 0.25) is 0 Å². The number of hydrogen-bond donors (Lipinski definition) is 2. The summed E-state index contributed by atoms with van der Waals surface area (Å²) in [7, 11) is 0. The molecule has 7 nitrogen and oxygen atoms in total. The van der Waals surface area contributed by atoms with Crippen molar-refractivity contribution in [3.8, 4) is 5.75 Å². The predicted molar refractivity (Wildman–Crippen MR) is 91.5 cm³/mol. The SMILES string of the molecule is O=C(COc1ccccc1F)NCCNc1ccc(C(F)(F)F)cc1[N+](=O)[O-]. The first-order valence-corrected chi connectivity index (χ1v) is 7.92. The summed E-state index contributed by atoms with van der Waals surface area (Å²) < 4.78 is 56.3. The number of carbonyl (C=O) groups is 1. The van der Waals surface area contributed by atoms with Gasteiger partial charge < -0.3 is 15.4 Å². The minimum atomic E-state index is -4.70. The number of carbonyl (C=O) groups excluding carboxylic acids is 1. The van der Waals surface area contributed by atoms with Crippen LogP contribution in [0.3, 0.4) is 0 Å². The molecule has 2 aromatic carbocycles. The fraction of sp³-hybridized carbons (Fsp3) is 0.235. The van der Waals surface area contributed by atoms with Crippen LogP contribution < -0.4 is 15.4 Å². The number of rotatable bonds is 8. The lowest BCUT2D eigenvalue weighted by molar-refractivity contribution is -0.384. The first kappa shape index (κ1) is 20.9. The van der Waals surface area contributed by atoms with E-state index in [2.05, 4.69) is 10.6 Å². The summed E-state index contributed by atoms with van der Waals surface area (Å²) in [5.41, 5.74) is -1.98. The van der Waals surface area contributed by atoms with E-state index in [1.807, 2.05) is 0 Å². The molecule has 150 valence electrons. The Balaban J connectivity index is 1.83. The second-order valence-electron chi connectivity index (χ2n) is 5.48. The number of nitrogens with one attached hydrogen (secondary N) is 2. The average molecular weight is 401 g/mol. The third-order valence-electron chi connectivity index (χ3n) is 3.48. The number of alkyl halides is 3. The zero-order chi connectivity index (χ0) is 20.7. The van der Waals surface area contributed by atoms with Crippen molar-refractivity contribution in [3.63, 3.8) is 0 Å². The number of nitro groups is 1. The van der Waals surface area contributed by atoms with Gasteiger partial charge in [-0.3, -0.25) is 14.9 Å². The minimum absolute atomic E-state index is 0.0115. The zero-order valence-electron chi connectivity index (χ0n) is 14.3. The molecule has 0 aliphatic carbocycles. The third-order valence-corrected chi connectivity index (χ3v) is 3.48. The Labute approximate surface area is 156 Å². The molecule has 2 rings (SSSR count). The Morgan fingerprint density at radius 1 is 1.14 bits per heavy atom. The Hall–Kier alpha value is -3.37. The number of nitrogens with zero attached hydrogens (tertiary/aromatic N) is 1. The van der Waals surface area contributed by atoms with Crippen molar-refractivity contribution >= 4 is 17.3 Å². The molecule has 0 saturated carbocycles. The number of ether oxygens (including phenoxy) is 1. The normalized spacial score (nSPS) is 11.0. The number of nitro benzene ring substituents is 1. The van der Waals surface area contributed by atoms with Crippen molar-refractivity contribution in [2.75, 3.05) is 25.0 Å². The van der Waals surface area contributed by atoms with Crippen LogP contribution >= 0.6 is 0 Å². The molecule has 0 saturated heterocycles. The number of anilines is 1. The van der Waals surface area contributed by atoms with Crippen molar-refractivity contribution in [1.82, 2.24) is 5.32 Å². The second kappa shape index (κ2) is 9.02. The van der Waals surface area contributed by atoms with Crippen molar-refractivity contribution < 1.29 is 32.0 Å². The lowest BCUT2D eigenvalue weighted by Crippen LogP contribution is -2.32. The summed E-state index contributed by atoms with van der Waals surface area (Å²) in [6.45, 7) is -0.420. The van der Waals surface area contributed by atoms with Crippen molar-refractivity contribution in [2.24, 2.45) is 0 Å². The Morgan fingerprint density at radius 2 is 1.86 bits per heavy atom. The van der Waals surface area contributed by atoms with Crippen LogP contribution in [0, 0.1) is 15.9 Å². The quantitative estimate of drug-likeness (QED) is 0.306. The molecular weight excluding hydrogens is 386 g/mol. The standard InChI is InChI=1S/C17H15F4N3O4/c18-12-3-1-2-4-15(12)28-10-16(25)23-8-7-22-13-6-5-11(17(19,20)21)9-14(13)24(26)27/h1-6,9,22H,7-8,10H2,(H,23,25). The molecule has 0 aliphatic heterocycles. The van der Waals surface area contributed by atoms with Crippen LogP contribution in [0.2, 0.25) is 0 Å². The van der Waals surface area contributed by atoms with Gasteiger partial charge in [-0.15, -0.1) is 0 Å². The maximum absolute atomic E-state index is 13.3. The van der Waals surface area contributed by atoms with Gasteiger partial charge in [-0.2, -0.15) is 13.2 Å². The van der Waals surface area contributed by atoms with E-state index in [4.69, 9.17) is 4.74 Å². The summed E-state index contributed by atoms with van der Waals surface area (Å²) in [6.07, 6.45) is -4.70. The van der Waals surface area contributed by atoms with Gasteiger partial charge in [-0.25, -0.2) is 4.39 Å². The molecule has 0 aromatic heterocycles.